The molecule has 0 aliphatic carbocycles. The number of rotatable bonds is 3. The van der Waals surface area contributed by atoms with Crippen molar-refractivity contribution in [2.45, 2.75) is 6.04 Å². The van der Waals surface area contributed by atoms with Crippen LogP contribution in [0.3, 0.4) is 0 Å². The third-order valence-electron chi connectivity index (χ3n) is 1.46. The Morgan fingerprint density at radius 3 is 2.62 bits per heavy atom. The van der Waals surface area contributed by atoms with Gasteiger partial charge in [0.2, 0.25) is 0 Å². The molecule has 3 N–H and O–H groups in total. The monoisotopic (exact) mass is 181 g/mol. The zero-order chi connectivity index (χ0) is 9.68. The third-order valence-corrected chi connectivity index (χ3v) is 1.46. The van der Waals surface area contributed by atoms with E-state index in [1.807, 2.05) is 6.07 Å². The molecule has 1 unspecified atom stereocenters. The van der Waals surface area contributed by atoms with Gasteiger partial charge in [0.15, 0.2) is 0 Å². The van der Waals surface area contributed by atoms with Crippen LogP contribution in [0.5, 0.6) is 5.75 Å². The standard InChI is InChI=1S/C9H11NO3/c10-8(6-11)9(12)13-7-4-2-1-3-5-7/h1-5,8,11H,6,10H2. The van der Waals surface area contributed by atoms with E-state index in [-0.39, 0.29) is 0 Å². The van der Waals surface area contributed by atoms with Crippen LogP contribution in [0.15, 0.2) is 30.3 Å². The van der Waals surface area contributed by atoms with Crippen molar-refractivity contribution in [3.8, 4) is 5.75 Å². The van der Waals surface area contributed by atoms with E-state index < -0.39 is 18.6 Å². The zero-order valence-corrected chi connectivity index (χ0v) is 7.01. The van der Waals surface area contributed by atoms with Gasteiger partial charge in [0.1, 0.15) is 11.8 Å². The van der Waals surface area contributed by atoms with Crippen LogP contribution in [0.25, 0.3) is 0 Å². The second kappa shape index (κ2) is 4.59. The summed E-state index contributed by atoms with van der Waals surface area (Å²) in [4.78, 5) is 11.0. The topological polar surface area (TPSA) is 72.5 Å². The molecule has 0 radical (unpaired) electrons. The van der Waals surface area contributed by atoms with Gasteiger partial charge in [0, 0.05) is 0 Å². The first-order chi connectivity index (χ1) is 6.24. The van der Waals surface area contributed by atoms with Crippen LogP contribution in [0.2, 0.25) is 0 Å². The molecule has 1 aromatic carbocycles. The quantitative estimate of drug-likeness (QED) is 0.505. The highest BCUT2D eigenvalue weighted by Crippen LogP contribution is 2.08. The largest absolute Gasteiger partial charge is 0.425 e. The molecular formula is C9H11NO3. The van der Waals surface area contributed by atoms with Crippen molar-refractivity contribution in [3.05, 3.63) is 30.3 Å². The number of para-hydroxylation sites is 1. The van der Waals surface area contributed by atoms with E-state index in [9.17, 15) is 4.79 Å². The van der Waals surface area contributed by atoms with E-state index >= 15 is 0 Å². The van der Waals surface area contributed by atoms with Crippen LogP contribution in [-0.4, -0.2) is 23.7 Å². The fourth-order valence-electron chi connectivity index (χ4n) is 0.755. The highest BCUT2D eigenvalue weighted by Gasteiger charge is 2.13. The summed E-state index contributed by atoms with van der Waals surface area (Å²) in [6, 6.07) is 7.60. The fraction of sp³-hybridized carbons (Fsp3) is 0.222. The molecule has 0 bridgehead atoms. The number of carbonyl (C=O) groups is 1. The Morgan fingerprint density at radius 1 is 1.46 bits per heavy atom. The summed E-state index contributed by atoms with van der Waals surface area (Å²) >= 11 is 0. The molecule has 0 saturated carbocycles. The van der Waals surface area contributed by atoms with Crippen LogP contribution in [0.1, 0.15) is 0 Å². The minimum absolute atomic E-state index is 0.411. The number of ether oxygens (including phenoxy) is 1. The Labute approximate surface area is 75.9 Å². The van der Waals surface area contributed by atoms with E-state index in [2.05, 4.69) is 0 Å². The van der Waals surface area contributed by atoms with Crippen molar-refractivity contribution in [2.24, 2.45) is 5.73 Å². The van der Waals surface area contributed by atoms with Gasteiger partial charge < -0.3 is 15.6 Å². The number of hydrogen-bond acceptors (Lipinski definition) is 4. The highest BCUT2D eigenvalue weighted by molar-refractivity contribution is 5.78. The molecule has 0 aliphatic rings. The summed E-state index contributed by atoms with van der Waals surface area (Å²) in [5.74, 6) is -0.204. The number of carbonyl (C=O) groups excluding carboxylic acids is 1. The van der Waals surface area contributed by atoms with Gasteiger partial charge in [0.25, 0.3) is 0 Å². The van der Waals surface area contributed by atoms with Crippen molar-refractivity contribution in [1.29, 1.82) is 0 Å². The molecule has 0 heterocycles. The van der Waals surface area contributed by atoms with Gasteiger partial charge >= 0.3 is 5.97 Å². The first-order valence-electron chi connectivity index (χ1n) is 3.87. The van der Waals surface area contributed by atoms with E-state index in [1.54, 1.807) is 24.3 Å². The van der Waals surface area contributed by atoms with Crippen LogP contribution in [-0.2, 0) is 4.79 Å². The van der Waals surface area contributed by atoms with Gasteiger partial charge in [-0.3, -0.25) is 0 Å². The molecule has 13 heavy (non-hydrogen) atoms. The van der Waals surface area contributed by atoms with E-state index in [0.29, 0.717) is 5.75 Å². The van der Waals surface area contributed by atoms with Crippen LogP contribution in [0, 0.1) is 0 Å². The Morgan fingerprint density at radius 2 is 2.08 bits per heavy atom. The maximum Gasteiger partial charge on any atom is 0.330 e. The SMILES string of the molecule is NC(CO)C(=O)Oc1ccccc1. The summed E-state index contributed by atoms with van der Waals surface area (Å²) < 4.78 is 4.84. The molecule has 0 aromatic heterocycles. The van der Waals surface area contributed by atoms with E-state index in [0.717, 1.165) is 0 Å². The van der Waals surface area contributed by atoms with Crippen molar-refractivity contribution >= 4 is 5.97 Å². The summed E-state index contributed by atoms with van der Waals surface area (Å²) in [6.07, 6.45) is 0. The lowest BCUT2D eigenvalue weighted by atomic mass is 10.3. The Kier molecular flexibility index (Phi) is 3.42. The summed E-state index contributed by atoms with van der Waals surface area (Å²) in [5.41, 5.74) is 5.24. The predicted molar refractivity (Wildman–Crippen MR) is 47.1 cm³/mol. The van der Waals surface area contributed by atoms with Gasteiger partial charge in [-0.25, -0.2) is 4.79 Å². The molecule has 0 fully saturated rings. The molecule has 1 aromatic rings. The van der Waals surface area contributed by atoms with Gasteiger partial charge in [-0.15, -0.1) is 0 Å². The minimum Gasteiger partial charge on any atom is -0.425 e. The second-order valence-electron chi connectivity index (χ2n) is 2.52. The minimum atomic E-state index is -0.972. The molecule has 0 amide bonds. The lowest BCUT2D eigenvalue weighted by molar-refractivity contribution is -0.136. The Bertz CT molecular complexity index is 273. The van der Waals surface area contributed by atoms with Gasteiger partial charge in [-0.2, -0.15) is 0 Å². The van der Waals surface area contributed by atoms with Crippen molar-refractivity contribution < 1.29 is 14.6 Å². The molecule has 1 rings (SSSR count). The van der Waals surface area contributed by atoms with Crippen molar-refractivity contribution in [1.82, 2.24) is 0 Å². The number of hydrogen-bond donors (Lipinski definition) is 2. The zero-order valence-electron chi connectivity index (χ0n) is 7.01. The first kappa shape index (κ1) is 9.70. The smallest absolute Gasteiger partial charge is 0.330 e. The average molecular weight is 181 g/mol. The normalized spacial score (nSPS) is 12.2. The Hall–Kier alpha value is -1.39. The number of esters is 1. The number of benzene rings is 1. The molecule has 0 aliphatic heterocycles. The first-order valence-corrected chi connectivity index (χ1v) is 3.87. The Balaban J connectivity index is 2.55. The van der Waals surface area contributed by atoms with Crippen molar-refractivity contribution in [2.75, 3.05) is 6.61 Å². The highest BCUT2D eigenvalue weighted by atomic mass is 16.5. The lowest BCUT2D eigenvalue weighted by Crippen LogP contribution is -2.37. The lowest BCUT2D eigenvalue weighted by Gasteiger charge is -2.07. The maximum absolute atomic E-state index is 11.0. The molecule has 1 atom stereocenters. The molecular weight excluding hydrogens is 170 g/mol. The summed E-state index contributed by atoms with van der Waals surface area (Å²) in [6.45, 7) is -0.411. The summed E-state index contributed by atoms with van der Waals surface area (Å²) in [7, 11) is 0. The maximum atomic E-state index is 11.0. The number of aliphatic hydroxyl groups is 1. The number of nitrogens with two attached hydrogens (primary N) is 1. The summed E-state index contributed by atoms with van der Waals surface area (Å²) in [5, 5.41) is 8.56. The van der Waals surface area contributed by atoms with Gasteiger partial charge in [0.05, 0.1) is 6.61 Å². The van der Waals surface area contributed by atoms with Crippen LogP contribution < -0.4 is 10.5 Å². The van der Waals surface area contributed by atoms with E-state index in [4.69, 9.17) is 15.6 Å². The predicted octanol–water partition coefficient (Wildman–Crippen LogP) is -0.0884. The molecule has 70 valence electrons. The van der Waals surface area contributed by atoms with E-state index in [1.165, 1.54) is 0 Å². The van der Waals surface area contributed by atoms with Crippen molar-refractivity contribution in [3.63, 3.8) is 0 Å². The molecule has 0 saturated heterocycles. The fourth-order valence-corrected chi connectivity index (χ4v) is 0.755. The van der Waals surface area contributed by atoms with Crippen LogP contribution in [0.4, 0.5) is 0 Å². The average Bonchev–Trinajstić information content (AvgIpc) is 2.18. The van der Waals surface area contributed by atoms with Gasteiger partial charge in [-0.05, 0) is 12.1 Å². The molecule has 0 spiro atoms. The second-order valence-corrected chi connectivity index (χ2v) is 2.52. The molecule has 4 heteroatoms. The third kappa shape index (κ3) is 2.85. The van der Waals surface area contributed by atoms with Crippen LogP contribution >= 0.6 is 0 Å². The molecule has 4 nitrogen and oxygen atoms in total. The number of aliphatic hydroxyl groups excluding tert-OH is 1. The van der Waals surface area contributed by atoms with Gasteiger partial charge in [-0.1, -0.05) is 18.2 Å².